The summed E-state index contributed by atoms with van der Waals surface area (Å²) in [5.41, 5.74) is 1.36. The fourth-order valence-corrected chi connectivity index (χ4v) is 3.70. The molecule has 0 atom stereocenters. The monoisotopic (exact) mass is 399 g/mol. The van der Waals surface area contributed by atoms with Crippen LogP contribution < -0.4 is 5.32 Å². The van der Waals surface area contributed by atoms with Crippen molar-refractivity contribution in [2.45, 2.75) is 4.34 Å². The molecule has 1 aromatic heterocycles. The van der Waals surface area contributed by atoms with E-state index in [2.05, 4.69) is 15.5 Å². The number of nitrogens with one attached hydrogen (secondary N) is 1. The first-order valence-corrected chi connectivity index (χ1v) is 9.69. The van der Waals surface area contributed by atoms with Crippen molar-refractivity contribution >= 4 is 46.0 Å². The second kappa shape index (κ2) is 9.20. The lowest BCUT2D eigenvalue weighted by Gasteiger charge is -1.98. The van der Waals surface area contributed by atoms with Gasteiger partial charge in [-0.2, -0.15) is 0 Å². The summed E-state index contributed by atoms with van der Waals surface area (Å²) < 4.78 is 13.4. The minimum Gasteiger partial charge on any atom is -0.297 e. The molecule has 0 unspecified atom stereocenters. The van der Waals surface area contributed by atoms with Gasteiger partial charge in [0.05, 0.1) is 5.75 Å². The highest BCUT2D eigenvalue weighted by molar-refractivity contribution is 8.01. The van der Waals surface area contributed by atoms with E-state index >= 15 is 0 Å². The van der Waals surface area contributed by atoms with Crippen LogP contribution in [0.5, 0.6) is 0 Å². The van der Waals surface area contributed by atoms with Gasteiger partial charge in [0, 0.05) is 11.6 Å². The molecule has 136 valence electrons. The van der Waals surface area contributed by atoms with Gasteiger partial charge in [0.15, 0.2) is 10.1 Å². The molecule has 0 saturated heterocycles. The van der Waals surface area contributed by atoms with E-state index < -0.39 is 0 Å². The third-order valence-electron chi connectivity index (χ3n) is 3.36. The number of nitrogens with zero attached hydrogens (tertiary/aromatic N) is 2. The normalized spacial score (nSPS) is 10.9. The molecule has 0 aliphatic heterocycles. The molecule has 0 aliphatic rings. The number of amides is 1. The second-order valence-corrected chi connectivity index (χ2v) is 7.53. The second-order valence-electron chi connectivity index (χ2n) is 5.33. The number of rotatable bonds is 7. The maximum atomic E-state index is 12.9. The topological polar surface area (TPSA) is 72.0 Å². The summed E-state index contributed by atoms with van der Waals surface area (Å²) in [4.78, 5) is 24.0. The molecule has 0 fully saturated rings. The van der Waals surface area contributed by atoms with Gasteiger partial charge in [0.2, 0.25) is 11.0 Å². The molecule has 1 amide bonds. The quantitative estimate of drug-likeness (QED) is 0.277. The number of anilines is 1. The lowest BCUT2D eigenvalue weighted by molar-refractivity contribution is -0.111. The molecule has 3 rings (SSSR count). The van der Waals surface area contributed by atoms with Gasteiger partial charge in [-0.1, -0.05) is 53.4 Å². The number of hydrogen-bond acceptors (Lipinski definition) is 6. The molecule has 0 aliphatic carbocycles. The van der Waals surface area contributed by atoms with E-state index in [1.54, 1.807) is 6.08 Å². The Kier molecular flexibility index (Phi) is 6.45. The van der Waals surface area contributed by atoms with Crippen LogP contribution in [-0.4, -0.2) is 27.6 Å². The zero-order valence-electron chi connectivity index (χ0n) is 14.0. The van der Waals surface area contributed by atoms with Gasteiger partial charge in [0.25, 0.3) is 0 Å². The van der Waals surface area contributed by atoms with Crippen LogP contribution >= 0.6 is 23.1 Å². The highest BCUT2D eigenvalue weighted by Crippen LogP contribution is 2.26. The summed E-state index contributed by atoms with van der Waals surface area (Å²) in [5, 5.41) is 10.8. The van der Waals surface area contributed by atoms with Gasteiger partial charge in [-0.25, -0.2) is 4.39 Å². The number of halogens is 1. The van der Waals surface area contributed by atoms with Crippen LogP contribution in [0.2, 0.25) is 0 Å². The molecule has 5 nitrogen and oxygen atoms in total. The Bertz CT molecular complexity index is 957. The minimum absolute atomic E-state index is 0.133. The Morgan fingerprint density at radius 3 is 2.56 bits per heavy atom. The fourth-order valence-electron chi connectivity index (χ4n) is 2.05. The zero-order chi connectivity index (χ0) is 19.1. The summed E-state index contributed by atoms with van der Waals surface area (Å²) in [6.45, 7) is 0. The Morgan fingerprint density at radius 1 is 1.07 bits per heavy atom. The van der Waals surface area contributed by atoms with E-state index in [-0.39, 0.29) is 23.3 Å². The third kappa shape index (κ3) is 5.83. The Balaban J connectivity index is 1.50. The summed E-state index contributed by atoms with van der Waals surface area (Å²) in [6, 6.07) is 14.9. The average Bonchev–Trinajstić information content (AvgIpc) is 3.13. The number of carbonyl (C=O) groups is 2. The van der Waals surface area contributed by atoms with Gasteiger partial charge in [-0.3, -0.25) is 14.9 Å². The van der Waals surface area contributed by atoms with Crippen LogP contribution in [0.4, 0.5) is 9.52 Å². The van der Waals surface area contributed by atoms with Gasteiger partial charge in [-0.15, -0.1) is 10.2 Å². The van der Waals surface area contributed by atoms with Crippen molar-refractivity contribution in [2.75, 3.05) is 11.1 Å². The van der Waals surface area contributed by atoms with Crippen LogP contribution in [0.3, 0.4) is 0 Å². The molecule has 3 aromatic rings. The third-order valence-corrected chi connectivity index (χ3v) is 5.33. The first kappa shape index (κ1) is 18.9. The van der Waals surface area contributed by atoms with E-state index in [1.165, 1.54) is 53.4 Å². The highest BCUT2D eigenvalue weighted by Gasteiger charge is 2.11. The number of ketones is 1. The Morgan fingerprint density at radius 2 is 1.81 bits per heavy atom. The SMILES string of the molecule is O=C(C=Cc1ccccc1)Nc1nnc(SCC(=O)c2ccc(F)cc2)s1. The van der Waals surface area contributed by atoms with Crippen molar-refractivity contribution < 1.29 is 14.0 Å². The van der Waals surface area contributed by atoms with Gasteiger partial charge < -0.3 is 0 Å². The number of Topliss-reactive ketones (excluding diaryl/α,β-unsaturated/α-hetero) is 1. The smallest absolute Gasteiger partial charge is 0.250 e. The molecular weight excluding hydrogens is 385 g/mol. The molecule has 8 heteroatoms. The van der Waals surface area contributed by atoms with Crippen LogP contribution in [0, 0.1) is 5.82 Å². The van der Waals surface area contributed by atoms with Crippen molar-refractivity contribution in [1.29, 1.82) is 0 Å². The van der Waals surface area contributed by atoms with Crippen molar-refractivity contribution in [2.24, 2.45) is 0 Å². The van der Waals surface area contributed by atoms with Crippen LogP contribution in [-0.2, 0) is 4.79 Å². The number of hydrogen-bond donors (Lipinski definition) is 1. The van der Waals surface area contributed by atoms with Crippen molar-refractivity contribution in [3.05, 3.63) is 77.6 Å². The summed E-state index contributed by atoms with van der Waals surface area (Å²) in [6.07, 6.45) is 3.12. The molecule has 0 saturated carbocycles. The fraction of sp³-hybridized carbons (Fsp3) is 0.0526. The lowest BCUT2D eigenvalue weighted by atomic mass is 10.1. The summed E-state index contributed by atoms with van der Waals surface area (Å²) >= 11 is 2.40. The zero-order valence-corrected chi connectivity index (χ0v) is 15.6. The van der Waals surface area contributed by atoms with Crippen LogP contribution in [0.1, 0.15) is 15.9 Å². The van der Waals surface area contributed by atoms with Crippen LogP contribution in [0.25, 0.3) is 6.08 Å². The molecular formula is C19H14FN3O2S2. The van der Waals surface area contributed by atoms with Gasteiger partial charge >= 0.3 is 0 Å². The Hall–Kier alpha value is -2.84. The lowest BCUT2D eigenvalue weighted by Crippen LogP contribution is -2.07. The summed E-state index contributed by atoms with van der Waals surface area (Å²) in [7, 11) is 0. The maximum Gasteiger partial charge on any atom is 0.250 e. The molecule has 1 heterocycles. The molecule has 0 spiro atoms. The van der Waals surface area contributed by atoms with E-state index in [1.807, 2.05) is 30.3 Å². The van der Waals surface area contributed by atoms with E-state index in [9.17, 15) is 14.0 Å². The summed E-state index contributed by atoms with van der Waals surface area (Å²) in [5.74, 6) is -0.673. The van der Waals surface area contributed by atoms with Crippen molar-refractivity contribution in [3.63, 3.8) is 0 Å². The molecule has 1 N–H and O–H groups in total. The predicted molar refractivity (Wildman–Crippen MR) is 105 cm³/mol. The first-order chi connectivity index (χ1) is 13.1. The largest absolute Gasteiger partial charge is 0.297 e. The van der Waals surface area contributed by atoms with E-state index in [0.717, 1.165) is 5.56 Å². The molecule has 0 bridgehead atoms. The number of benzene rings is 2. The molecule has 27 heavy (non-hydrogen) atoms. The van der Waals surface area contributed by atoms with Gasteiger partial charge in [0.1, 0.15) is 5.82 Å². The highest BCUT2D eigenvalue weighted by atomic mass is 32.2. The van der Waals surface area contributed by atoms with E-state index in [4.69, 9.17) is 0 Å². The van der Waals surface area contributed by atoms with Crippen molar-refractivity contribution in [3.8, 4) is 0 Å². The standard InChI is InChI=1S/C19H14FN3O2S2/c20-15-9-7-14(8-10-15)16(24)12-26-19-23-22-18(27-19)21-17(25)11-6-13-4-2-1-3-5-13/h1-11H,12H2,(H,21,22,25). The molecule has 2 aromatic carbocycles. The van der Waals surface area contributed by atoms with Gasteiger partial charge in [-0.05, 0) is 35.9 Å². The Labute approximate surface area is 163 Å². The first-order valence-electron chi connectivity index (χ1n) is 7.89. The number of carbonyl (C=O) groups excluding carboxylic acids is 2. The predicted octanol–water partition coefficient (Wildman–Crippen LogP) is 4.30. The van der Waals surface area contributed by atoms with E-state index in [0.29, 0.717) is 15.0 Å². The minimum atomic E-state index is -0.384. The molecule has 0 radical (unpaired) electrons. The average molecular weight is 399 g/mol. The number of aromatic nitrogens is 2. The van der Waals surface area contributed by atoms with Crippen molar-refractivity contribution in [1.82, 2.24) is 10.2 Å². The maximum absolute atomic E-state index is 12.9. The van der Waals surface area contributed by atoms with Crippen LogP contribution in [0.15, 0.2) is 65.0 Å². The number of thioether (sulfide) groups is 1.